The fraction of sp³-hybridized carbons (Fsp3) is 0.382. The summed E-state index contributed by atoms with van der Waals surface area (Å²) < 4.78 is 14.6. The van der Waals surface area contributed by atoms with Crippen molar-refractivity contribution in [2.75, 3.05) is 11.5 Å². The molecule has 4 aromatic rings. The Labute approximate surface area is 259 Å². The molecule has 0 bridgehead atoms. The minimum Gasteiger partial charge on any atom is -0.454 e. The number of carbonyl (C=O) groups excluding carboxylic acids is 1. The number of amides is 1. The van der Waals surface area contributed by atoms with Crippen LogP contribution in [0.1, 0.15) is 41.4 Å². The van der Waals surface area contributed by atoms with E-state index in [0.29, 0.717) is 35.7 Å². The number of anilines is 2. The van der Waals surface area contributed by atoms with Gasteiger partial charge in [-0.3, -0.25) is 14.4 Å². The van der Waals surface area contributed by atoms with Gasteiger partial charge in [0, 0.05) is 37.0 Å². The number of benzene rings is 3. The van der Waals surface area contributed by atoms with E-state index in [-0.39, 0.29) is 36.2 Å². The van der Waals surface area contributed by atoms with Crippen LogP contribution in [0.2, 0.25) is 18.6 Å². The second-order valence-electron chi connectivity index (χ2n) is 12.4. The van der Waals surface area contributed by atoms with Crippen molar-refractivity contribution < 1.29 is 24.2 Å². The Morgan fingerprint density at radius 1 is 0.909 bits per heavy atom. The van der Waals surface area contributed by atoms with E-state index in [1.807, 2.05) is 73.9 Å². The predicted octanol–water partition coefficient (Wildman–Crippen LogP) is 5.89. The highest BCUT2D eigenvalue weighted by molar-refractivity contribution is 6.71. The standard InChI is InChI=1S/C34H40N4O5Si/c1-23-29(42-32(33(23)44(2,3)41)18-20-37-22-25(19-21-39)35-36-37)17-14-24-12-15-26(16-13-24)38-28-9-5-7-11-31(28)43-30-10-6-4-8-27(30)34(38)40/h4-13,15-16,22-23,29,32-33,39,41H,14,17-21H2,1-3H3/t23-,29+,32-,33+/m1/s1. The molecule has 6 rings (SSSR count). The number of hydrogen-bond donors (Lipinski definition) is 2. The highest BCUT2D eigenvalue weighted by Crippen LogP contribution is 2.46. The van der Waals surface area contributed by atoms with Crippen LogP contribution in [0, 0.1) is 5.92 Å². The van der Waals surface area contributed by atoms with Gasteiger partial charge in [0.15, 0.2) is 14.1 Å². The molecule has 10 heteroatoms. The maximum Gasteiger partial charge on any atom is 0.266 e. The number of aliphatic hydroxyl groups excluding tert-OH is 1. The Hall–Kier alpha value is -3.83. The van der Waals surface area contributed by atoms with Crippen molar-refractivity contribution in [1.29, 1.82) is 0 Å². The van der Waals surface area contributed by atoms with Crippen LogP contribution in [0.3, 0.4) is 0 Å². The zero-order valence-corrected chi connectivity index (χ0v) is 26.5. The van der Waals surface area contributed by atoms with Crippen LogP contribution in [0.4, 0.5) is 11.4 Å². The third-order valence-corrected chi connectivity index (χ3v) is 11.4. The van der Waals surface area contributed by atoms with Gasteiger partial charge in [0.1, 0.15) is 5.75 Å². The third-order valence-electron chi connectivity index (χ3n) is 8.87. The first-order valence-electron chi connectivity index (χ1n) is 15.4. The summed E-state index contributed by atoms with van der Waals surface area (Å²) in [5, 5.41) is 17.5. The van der Waals surface area contributed by atoms with E-state index in [2.05, 4.69) is 29.4 Å². The summed E-state index contributed by atoms with van der Waals surface area (Å²) in [7, 11) is -2.49. The fourth-order valence-electron chi connectivity index (χ4n) is 6.80. The number of ether oxygens (including phenoxy) is 2. The minimum atomic E-state index is -2.49. The molecule has 44 heavy (non-hydrogen) atoms. The summed E-state index contributed by atoms with van der Waals surface area (Å²) in [6.45, 7) is 6.92. The average molecular weight is 613 g/mol. The number of para-hydroxylation sites is 3. The van der Waals surface area contributed by atoms with E-state index in [1.54, 1.807) is 15.6 Å². The van der Waals surface area contributed by atoms with Gasteiger partial charge in [0.2, 0.25) is 0 Å². The number of hydrogen-bond acceptors (Lipinski definition) is 7. The molecule has 230 valence electrons. The summed E-state index contributed by atoms with van der Waals surface area (Å²) >= 11 is 0. The molecule has 2 aliphatic heterocycles. The Bertz CT molecular complexity index is 1600. The lowest BCUT2D eigenvalue weighted by molar-refractivity contribution is 0.0245. The molecule has 2 N–H and O–H groups in total. The topological polar surface area (TPSA) is 110 Å². The number of rotatable bonds is 10. The molecular weight excluding hydrogens is 572 g/mol. The maximum absolute atomic E-state index is 13.7. The lowest BCUT2D eigenvalue weighted by Crippen LogP contribution is -2.40. The number of aliphatic hydroxyl groups is 1. The molecule has 1 saturated heterocycles. The van der Waals surface area contributed by atoms with Gasteiger partial charge in [0.25, 0.3) is 5.91 Å². The van der Waals surface area contributed by atoms with Crippen LogP contribution in [0.15, 0.2) is 79.0 Å². The SMILES string of the molecule is C[C@H]1[C@H]([Si](C)(C)O)[C@@H](CCn2cc(CCO)nn2)O[C@H]1CCc1ccc(N2C(=O)c3ccccc3Oc3ccccc32)cc1. The van der Waals surface area contributed by atoms with Crippen LogP contribution >= 0.6 is 0 Å². The molecule has 9 nitrogen and oxygen atoms in total. The van der Waals surface area contributed by atoms with Crippen molar-refractivity contribution >= 4 is 25.6 Å². The van der Waals surface area contributed by atoms with Crippen molar-refractivity contribution in [3.8, 4) is 11.5 Å². The van der Waals surface area contributed by atoms with Crippen molar-refractivity contribution in [3.63, 3.8) is 0 Å². The molecule has 0 radical (unpaired) electrons. The van der Waals surface area contributed by atoms with Gasteiger partial charge in [-0.05, 0) is 80.2 Å². The molecule has 3 heterocycles. The third kappa shape index (κ3) is 6.21. The van der Waals surface area contributed by atoms with Crippen LogP contribution in [-0.2, 0) is 24.1 Å². The molecule has 4 atom stereocenters. The smallest absolute Gasteiger partial charge is 0.266 e. The normalized spacial score (nSPS) is 21.5. The first-order chi connectivity index (χ1) is 21.2. The van der Waals surface area contributed by atoms with E-state index in [9.17, 15) is 9.59 Å². The molecule has 0 saturated carbocycles. The van der Waals surface area contributed by atoms with E-state index < -0.39 is 8.32 Å². The van der Waals surface area contributed by atoms with E-state index in [0.717, 1.165) is 36.2 Å². The van der Waals surface area contributed by atoms with Gasteiger partial charge in [-0.25, -0.2) is 0 Å². The lowest BCUT2D eigenvalue weighted by atomic mass is 9.95. The lowest BCUT2D eigenvalue weighted by Gasteiger charge is -2.30. The molecule has 0 unspecified atom stereocenters. The Morgan fingerprint density at radius 2 is 1.64 bits per heavy atom. The highest BCUT2D eigenvalue weighted by atomic mass is 28.4. The molecule has 1 aromatic heterocycles. The Balaban J connectivity index is 1.14. The first kappa shape index (κ1) is 30.2. The van der Waals surface area contributed by atoms with Gasteiger partial charge in [-0.1, -0.05) is 48.5 Å². The number of aryl methyl sites for hydroxylation is 2. The number of carbonyl (C=O) groups is 1. The van der Waals surface area contributed by atoms with Crippen LogP contribution in [0.25, 0.3) is 0 Å². The zero-order chi connectivity index (χ0) is 30.8. The second-order valence-corrected chi connectivity index (χ2v) is 16.4. The minimum absolute atomic E-state index is 0.0389. The molecule has 3 aromatic carbocycles. The van der Waals surface area contributed by atoms with Crippen LogP contribution in [-0.4, -0.2) is 57.9 Å². The van der Waals surface area contributed by atoms with Gasteiger partial charge in [-0.15, -0.1) is 5.10 Å². The van der Waals surface area contributed by atoms with Crippen molar-refractivity contribution in [3.05, 3.63) is 95.8 Å². The van der Waals surface area contributed by atoms with Crippen molar-refractivity contribution in [2.24, 2.45) is 5.92 Å². The molecule has 2 aliphatic rings. The van der Waals surface area contributed by atoms with E-state index >= 15 is 0 Å². The average Bonchev–Trinajstić information content (AvgIpc) is 3.56. The summed E-state index contributed by atoms with van der Waals surface area (Å²) in [5.41, 5.74) is 4.06. The quantitative estimate of drug-likeness (QED) is 0.215. The van der Waals surface area contributed by atoms with Crippen LogP contribution < -0.4 is 9.64 Å². The summed E-state index contributed by atoms with van der Waals surface area (Å²) in [5.74, 6) is 1.29. The Kier molecular flexibility index (Phi) is 8.68. The highest BCUT2D eigenvalue weighted by Gasteiger charge is 2.49. The fourth-order valence-corrected chi connectivity index (χ4v) is 9.46. The maximum atomic E-state index is 13.7. The van der Waals surface area contributed by atoms with E-state index in [4.69, 9.17) is 14.6 Å². The van der Waals surface area contributed by atoms with Crippen molar-refractivity contribution in [1.82, 2.24) is 15.0 Å². The summed E-state index contributed by atoms with van der Waals surface area (Å²) in [4.78, 5) is 26.7. The zero-order valence-electron chi connectivity index (χ0n) is 25.5. The Morgan fingerprint density at radius 3 is 2.39 bits per heavy atom. The summed E-state index contributed by atoms with van der Waals surface area (Å²) in [6, 6.07) is 23.1. The molecular formula is C34H40N4O5Si. The molecule has 1 amide bonds. The largest absolute Gasteiger partial charge is 0.454 e. The predicted molar refractivity (Wildman–Crippen MR) is 171 cm³/mol. The number of aromatic nitrogens is 3. The van der Waals surface area contributed by atoms with Gasteiger partial charge < -0.3 is 19.4 Å². The van der Waals surface area contributed by atoms with Crippen molar-refractivity contribution in [2.45, 2.75) is 70.0 Å². The van der Waals surface area contributed by atoms with Gasteiger partial charge >= 0.3 is 0 Å². The first-order valence-corrected chi connectivity index (χ1v) is 18.4. The van der Waals surface area contributed by atoms with Gasteiger partial charge in [0.05, 0.1) is 29.2 Å². The van der Waals surface area contributed by atoms with Gasteiger partial charge in [-0.2, -0.15) is 0 Å². The molecule has 1 fully saturated rings. The molecule has 0 spiro atoms. The number of nitrogens with zero attached hydrogens (tertiary/aromatic N) is 4. The second kappa shape index (κ2) is 12.6. The summed E-state index contributed by atoms with van der Waals surface area (Å²) in [6.07, 6.45) is 4.77. The molecule has 0 aliphatic carbocycles. The van der Waals surface area contributed by atoms with E-state index in [1.165, 1.54) is 0 Å². The monoisotopic (exact) mass is 612 g/mol. The number of fused-ring (bicyclic) bond motifs is 2. The van der Waals surface area contributed by atoms with Crippen LogP contribution in [0.5, 0.6) is 11.5 Å².